The summed E-state index contributed by atoms with van der Waals surface area (Å²) in [5, 5.41) is 24.0. The standard InChI is InChI=1S/C6H14O3.C3H8O3.C2H6.3CH4/c1-7-4-6(9-3)5-8-2;4-1-3(6)2-5;1-2;;;/h6H,4-5H2,1-3H3;3-6H,1-2H2;1-2H3;3*1H4. The lowest BCUT2D eigenvalue weighted by molar-refractivity contribution is -0.0178. The molecule has 0 atom stereocenters. The molecule has 0 bridgehead atoms. The molecule has 0 saturated carbocycles. The molecule has 0 radical (unpaired) electrons. The highest BCUT2D eigenvalue weighted by Crippen LogP contribution is 1.89. The second-order valence-corrected chi connectivity index (χ2v) is 2.79. The summed E-state index contributed by atoms with van der Waals surface area (Å²) >= 11 is 0. The molecule has 0 aromatic rings. The molecule has 0 spiro atoms. The van der Waals surface area contributed by atoms with Crippen LogP contribution in [-0.2, 0) is 14.2 Å². The van der Waals surface area contributed by atoms with Crippen molar-refractivity contribution in [1.29, 1.82) is 0 Å². The Kier molecular flexibility index (Phi) is 66.7. The second kappa shape index (κ2) is 36.3. The zero-order chi connectivity index (χ0) is 14.1. The summed E-state index contributed by atoms with van der Waals surface area (Å²) in [7, 11) is 4.92. The van der Waals surface area contributed by atoms with Crippen molar-refractivity contribution in [1.82, 2.24) is 0 Å². The van der Waals surface area contributed by atoms with Crippen LogP contribution >= 0.6 is 0 Å². The molecular formula is C14H40O6. The van der Waals surface area contributed by atoms with E-state index in [2.05, 4.69) is 0 Å². The molecule has 0 saturated heterocycles. The van der Waals surface area contributed by atoms with Gasteiger partial charge in [-0.05, 0) is 0 Å². The Balaban J connectivity index is -0.0000000399. The summed E-state index contributed by atoms with van der Waals surface area (Å²) in [5.74, 6) is 0. The predicted octanol–water partition coefficient (Wildman–Crippen LogP) is 1.56. The Hall–Kier alpha value is -0.240. The van der Waals surface area contributed by atoms with Gasteiger partial charge < -0.3 is 29.5 Å². The highest BCUT2D eigenvalue weighted by atomic mass is 16.5. The zero-order valence-electron chi connectivity index (χ0n) is 11.5. The molecule has 0 aliphatic carbocycles. The molecule has 0 aliphatic heterocycles. The second-order valence-electron chi connectivity index (χ2n) is 2.79. The van der Waals surface area contributed by atoms with E-state index in [1.54, 1.807) is 21.3 Å². The average Bonchev–Trinajstić information content (AvgIpc) is 2.40. The lowest BCUT2D eigenvalue weighted by atomic mass is 10.4. The quantitative estimate of drug-likeness (QED) is 0.661. The molecule has 0 aromatic heterocycles. The normalized spacial score (nSPS) is 8.10. The molecule has 0 unspecified atom stereocenters. The maximum Gasteiger partial charge on any atom is 0.104 e. The molecule has 6 nitrogen and oxygen atoms in total. The van der Waals surface area contributed by atoms with E-state index in [0.717, 1.165) is 0 Å². The third-order valence-electron chi connectivity index (χ3n) is 1.46. The summed E-state index contributed by atoms with van der Waals surface area (Å²) in [5.41, 5.74) is 0. The van der Waals surface area contributed by atoms with Crippen molar-refractivity contribution < 1.29 is 29.5 Å². The molecule has 3 N–H and O–H groups in total. The average molecular weight is 304 g/mol. The molecule has 0 amide bonds. The summed E-state index contributed by atoms with van der Waals surface area (Å²) in [4.78, 5) is 0. The Morgan fingerprint density at radius 1 is 0.800 bits per heavy atom. The Morgan fingerprint density at radius 3 is 1.20 bits per heavy atom. The van der Waals surface area contributed by atoms with Crippen molar-refractivity contribution in [3.63, 3.8) is 0 Å². The number of hydrogen-bond acceptors (Lipinski definition) is 6. The molecule has 0 heterocycles. The van der Waals surface area contributed by atoms with E-state index in [4.69, 9.17) is 29.5 Å². The molecule has 0 aliphatic rings. The van der Waals surface area contributed by atoms with Crippen molar-refractivity contribution in [2.45, 2.75) is 48.3 Å². The molecular weight excluding hydrogens is 264 g/mol. The smallest absolute Gasteiger partial charge is 0.104 e. The van der Waals surface area contributed by atoms with Gasteiger partial charge in [0, 0.05) is 21.3 Å². The van der Waals surface area contributed by atoms with E-state index < -0.39 is 6.10 Å². The van der Waals surface area contributed by atoms with Gasteiger partial charge in [0.05, 0.1) is 26.4 Å². The number of ether oxygens (including phenoxy) is 3. The minimum atomic E-state index is -0.954. The lowest BCUT2D eigenvalue weighted by Crippen LogP contribution is -2.22. The minimum absolute atomic E-state index is 0. The van der Waals surface area contributed by atoms with Gasteiger partial charge in [-0.1, -0.05) is 36.1 Å². The van der Waals surface area contributed by atoms with Gasteiger partial charge in [-0.25, -0.2) is 0 Å². The molecule has 0 aromatic carbocycles. The van der Waals surface area contributed by atoms with Crippen molar-refractivity contribution in [3.8, 4) is 0 Å². The Morgan fingerprint density at radius 2 is 1.10 bits per heavy atom. The van der Waals surface area contributed by atoms with Gasteiger partial charge in [0.25, 0.3) is 0 Å². The van der Waals surface area contributed by atoms with Gasteiger partial charge >= 0.3 is 0 Å². The maximum absolute atomic E-state index is 8.17. The third kappa shape index (κ3) is 36.1. The van der Waals surface area contributed by atoms with Crippen molar-refractivity contribution in [3.05, 3.63) is 0 Å². The highest BCUT2D eigenvalue weighted by Gasteiger charge is 2.03. The van der Waals surface area contributed by atoms with Crippen LogP contribution in [-0.4, -0.2) is 75.3 Å². The van der Waals surface area contributed by atoms with Crippen LogP contribution in [0.3, 0.4) is 0 Å². The first-order valence-electron chi connectivity index (χ1n) is 5.56. The van der Waals surface area contributed by atoms with Crippen molar-refractivity contribution >= 4 is 0 Å². The fraction of sp³-hybridized carbons (Fsp3) is 1.00. The van der Waals surface area contributed by atoms with Crippen LogP contribution in [0.5, 0.6) is 0 Å². The third-order valence-corrected chi connectivity index (χ3v) is 1.46. The highest BCUT2D eigenvalue weighted by molar-refractivity contribution is 4.51. The van der Waals surface area contributed by atoms with E-state index in [1.165, 1.54) is 0 Å². The zero-order valence-corrected chi connectivity index (χ0v) is 11.5. The largest absolute Gasteiger partial charge is 0.394 e. The van der Waals surface area contributed by atoms with Crippen LogP contribution < -0.4 is 0 Å². The minimum Gasteiger partial charge on any atom is -0.394 e. The van der Waals surface area contributed by atoms with Gasteiger partial charge in [0.1, 0.15) is 12.2 Å². The van der Waals surface area contributed by atoms with Gasteiger partial charge in [-0.2, -0.15) is 0 Å². The SMILES string of the molecule is C.C.C.CC.COCC(COC)OC.OCC(O)CO. The van der Waals surface area contributed by atoms with E-state index in [0.29, 0.717) is 13.2 Å². The summed E-state index contributed by atoms with van der Waals surface area (Å²) < 4.78 is 14.7. The van der Waals surface area contributed by atoms with Crippen LogP contribution in [0.1, 0.15) is 36.1 Å². The van der Waals surface area contributed by atoms with E-state index >= 15 is 0 Å². The lowest BCUT2D eigenvalue weighted by Gasteiger charge is -2.11. The van der Waals surface area contributed by atoms with Gasteiger partial charge in [0.15, 0.2) is 0 Å². The summed E-state index contributed by atoms with van der Waals surface area (Å²) in [6.07, 6.45) is -0.884. The topological polar surface area (TPSA) is 88.4 Å². The monoisotopic (exact) mass is 304 g/mol. The van der Waals surface area contributed by atoms with E-state index in [9.17, 15) is 0 Å². The van der Waals surface area contributed by atoms with Gasteiger partial charge in [0.2, 0.25) is 0 Å². The Labute approximate surface area is 126 Å². The fourth-order valence-corrected chi connectivity index (χ4v) is 0.614. The summed E-state index contributed by atoms with van der Waals surface area (Å²) in [6.45, 7) is 4.45. The van der Waals surface area contributed by atoms with Crippen LogP contribution in [0.25, 0.3) is 0 Å². The molecule has 0 fully saturated rings. The number of rotatable bonds is 7. The van der Waals surface area contributed by atoms with E-state index in [-0.39, 0.29) is 41.6 Å². The first kappa shape index (κ1) is 36.7. The van der Waals surface area contributed by atoms with Gasteiger partial charge in [-0.15, -0.1) is 0 Å². The van der Waals surface area contributed by atoms with Crippen molar-refractivity contribution in [2.24, 2.45) is 0 Å². The van der Waals surface area contributed by atoms with Crippen LogP contribution in [0.15, 0.2) is 0 Å². The number of hydrogen-bond donors (Lipinski definition) is 3. The van der Waals surface area contributed by atoms with Crippen LogP contribution in [0.2, 0.25) is 0 Å². The molecule has 132 valence electrons. The predicted molar refractivity (Wildman–Crippen MR) is 86.3 cm³/mol. The van der Waals surface area contributed by atoms with Crippen LogP contribution in [0, 0.1) is 0 Å². The maximum atomic E-state index is 8.17. The summed E-state index contributed by atoms with van der Waals surface area (Å²) in [6, 6.07) is 0. The number of methoxy groups -OCH3 is 3. The van der Waals surface area contributed by atoms with E-state index in [1.807, 2.05) is 13.8 Å². The number of aliphatic hydroxyl groups is 3. The Bertz CT molecular complexity index is 104. The fourth-order valence-electron chi connectivity index (χ4n) is 0.614. The number of aliphatic hydroxyl groups excluding tert-OH is 3. The molecule has 6 heteroatoms. The first-order valence-corrected chi connectivity index (χ1v) is 5.56. The first-order chi connectivity index (χ1) is 8.15. The van der Waals surface area contributed by atoms with Crippen LogP contribution in [0.4, 0.5) is 0 Å². The molecule has 20 heavy (non-hydrogen) atoms. The molecule has 0 rings (SSSR count). The van der Waals surface area contributed by atoms with Crippen molar-refractivity contribution in [2.75, 3.05) is 47.8 Å². The van der Waals surface area contributed by atoms with Gasteiger partial charge in [-0.3, -0.25) is 0 Å².